The quantitative estimate of drug-likeness (QED) is 0.505. The summed E-state index contributed by atoms with van der Waals surface area (Å²) in [5.74, 6) is -0.669. The molecule has 3 aromatic rings. The zero-order chi connectivity index (χ0) is 18.4. The van der Waals surface area contributed by atoms with Crippen LogP contribution in [0.15, 0.2) is 71.1 Å². The molecule has 3 rings (SSSR count). The standard InChI is InChI=1S/C19H14ClN3O2S/c20-15-6-1-4-13(10-15)18(24)22-16-7-2-5-14(11-16)19(25)23-21-12-17-8-3-9-26-17/h1-12H,(H,22,24)(H,23,25)/b21-12+. The van der Waals surface area contributed by atoms with Gasteiger partial charge in [-0.1, -0.05) is 29.8 Å². The molecule has 2 aromatic carbocycles. The number of hydrogen-bond acceptors (Lipinski definition) is 4. The summed E-state index contributed by atoms with van der Waals surface area (Å²) in [4.78, 5) is 25.4. The van der Waals surface area contributed by atoms with E-state index in [1.807, 2.05) is 17.5 Å². The molecule has 0 saturated carbocycles. The number of halogens is 1. The fraction of sp³-hybridized carbons (Fsp3) is 0. The van der Waals surface area contributed by atoms with Crippen molar-refractivity contribution in [2.75, 3.05) is 5.32 Å². The van der Waals surface area contributed by atoms with Gasteiger partial charge in [0.05, 0.1) is 6.21 Å². The molecule has 0 aliphatic heterocycles. The van der Waals surface area contributed by atoms with Crippen molar-refractivity contribution in [1.29, 1.82) is 0 Å². The average molecular weight is 384 g/mol. The highest BCUT2D eigenvalue weighted by molar-refractivity contribution is 7.11. The molecule has 26 heavy (non-hydrogen) atoms. The van der Waals surface area contributed by atoms with Gasteiger partial charge in [0.1, 0.15) is 0 Å². The summed E-state index contributed by atoms with van der Waals surface area (Å²) in [5, 5.41) is 9.07. The van der Waals surface area contributed by atoms with Crippen LogP contribution >= 0.6 is 22.9 Å². The molecule has 0 unspecified atom stereocenters. The summed E-state index contributed by atoms with van der Waals surface area (Å²) in [5.41, 5.74) is 3.79. The molecule has 1 aromatic heterocycles. The Balaban J connectivity index is 1.65. The highest BCUT2D eigenvalue weighted by Crippen LogP contribution is 2.15. The van der Waals surface area contributed by atoms with Crippen LogP contribution in [0.4, 0.5) is 5.69 Å². The van der Waals surface area contributed by atoms with Crippen LogP contribution in [0.5, 0.6) is 0 Å². The van der Waals surface area contributed by atoms with Gasteiger partial charge in [-0.2, -0.15) is 5.10 Å². The number of carbonyl (C=O) groups is 2. The number of nitrogens with one attached hydrogen (secondary N) is 2. The van der Waals surface area contributed by atoms with Crippen LogP contribution in [0.2, 0.25) is 5.02 Å². The van der Waals surface area contributed by atoms with Crippen LogP contribution in [0.3, 0.4) is 0 Å². The first-order valence-corrected chi connectivity index (χ1v) is 8.91. The van der Waals surface area contributed by atoms with Gasteiger partial charge in [-0.05, 0) is 47.8 Å². The number of amides is 2. The van der Waals surface area contributed by atoms with Crippen LogP contribution < -0.4 is 10.7 Å². The van der Waals surface area contributed by atoms with Crippen molar-refractivity contribution in [3.63, 3.8) is 0 Å². The predicted molar refractivity (Wildman–Crippen MR) is 105 cm³/mol. The molecule has 1 heterocycles. The zero-order valence-electron chi connectivity index (χ0n) is 13.5. The van der Waals surface area contributed by atoms with E-state index in [0.717, 1.165) is 4.88 Å². The van der Waals surface area contributed by atoms with E-state index in [2.05, 4.69) is 15.8 Å². The molecule has 0 aliphatic carbocycles. The highest BCUT2D eigenvalue weighted by atomic mass is 35.5. The molecule has 0 spiro atoms. The van der Waals surface area contributed by atoms with Crippen molar-refractivity contribution in [3.8, 4) is 0 Å². The second-order valence-corrected chi connectivity index (χ2v) is 6.68. The Morgan fingerprint density at radius 1 is 0.962 bits per heavy atom. The van der Waals surface area contributed by atoms with Crippen molar-refractivity contribution >= 4 is 46.7 Å². The Morgan fingerprint density at radius 2 is 1.73 bits per heavy atom. The fourth-order valence-electron chi connectivity index (χ4n) is 2.15. The molecule has 0 radical (unpaired) electrons. The predicted octanol–water partition coefficient (Wildman–Crippen LogP) is 4.42. The van der Waals surface area contributed by atoms with E-state index in [1.165, 1.54) is 11.3 Å². The third-order valence-electron chi connectivity index (χ3n) is 3.37. The normalized spacial score (nSPS) is 10.7. The van der Waals surface area contributed by atoms with Crippen molar-refractivity contribution < 1.29 is 9.59 Å². The number of anilines is 1. The third kappa shape index (κ3) is 4.78. The van der Waals surface area contributed by atoms with Gasteiger partial charge in [0, 0.05) is 26.7 Å². The van der Waals surface area contributed by atoms with Crippen molar-refractivity contribution in [2.24, 2.45) is 5.10 Å². The minimum Gasteiger partial charge on any atom is -0.322 e. The van der Waals surface area contributed by atoms with Crippen molar-refractivity contribution in [2.45, 2.75) is 0 Å². The summed E-state index contributed by atoms with van der Waals surface area (Å²) in [6.07, 6.45) is 1.58. The van der Waals surface area contributed by atoms with Gasteiger partial charge in [0.2, 0.25) is 0 Å². The van der Waals surface area contributed by atoms with E-state index in [-0.39, 0.29) is 11.8 Å². The van der Waals surface area contributed by atoms with Gasteiger partial charge in [-0.15, -0.1) is 11.3 Å². The first-order valence-electron chi connectivity index (χ1n) is 7.66. The van der Waals surface area contributed by atoms with Crippen LogP contribution in [0, 0.1) is 0 Å². The molecular weight excluding hydrogens is 370 g/mol. The highest BCUT2D eigenvalue weighted by Gasteiger charge is 2.09. The van der Waals surface area contributed by atoms with Gasteiger partial charge in [-0.3, -0.25) is 9.59 Å². The van der Waals surface area contributed by atoms with Gasteiger partial charge < -0.3 is 5.32 Å². The lowest BCUT2D eigenvalue weighted by Gasteiger charge is -2.07. The molecule has 0 fully saturated rings. The van der Waals surface area contributed by atoms with Crippen LogP contribution in [0.25, 0.3) is 0 Å². The van der Waals surface area contributed by atoms with Gasteiger partial charge in [0.25, 0.3) is 11.8 Å². The number of benzene rings is 2. The molecule has 5 nitrogen and oxygen atoms in total. The second kappa shape index (κ2) is 8.42. The number of rotatable bonds is 5. The van der Waals surface area contributed by atoms with Gasteiger partial charge >= 0.3 is 0 Å². The lowest BCUT2D eigenvalue weighted by atomic mass is 10.1. The molecule has 2 amide bonds. The third-order valence-corrected chi connectivity index (χ3v) is 4.41. The Labute approximate surface area is 159 Å². The second-order valence-electron chi connectivity index (χ2n) is 5.26. The number of hydrogen-bond donors (Lipinski definition) is 2. The first kappa shape index (κ1) is 17.8. The first-order chi connectivity index (χ1) is 12.6. The van der Waals surface area contributed by atoms with Crippen LogP contribution in [0.1, 0.15) is 25.6 Å². The molecule has 7 heteroatoms. The maximum atomic E-state index is 12.3. The minimum absolute atomic E-state index is 0.305. The molecule has 2 N–H and O–H groups in total. The average Bonchev–Trinajstić information content (AvgIpc) is 3.15. The van der Waals surface area contributed by atoms with Crippen LogP contribution in [-0.4, -0.2) is 18.0 Å². The lowest BCUT2D eigenvalue weighted by molar-refractivity contribution is 0.0953. The molecule has 130 valence electrons. The van der Waals surface area contributed by atoms with Crippen molar-refractivity contribution in [1.82, 2.24) is 5.43 Å². The molecule has 0 saturated heterocycles. The maximum Gasteiger partial charge on any atom is 0.271 e. The van der Waals surface area contributed by atoms with E-state index in [0.29, 0.717) is 21.8 Å². The fourth-order valence-corrected chi connectivity index (χ4v) is 2.93. The van der Waals surface area contributed by atoms with E-state index in [1.54, 1.807) is 54.7 Å². The van der Waals surface area contributed by atoms with E-state index in [9.17, 15) is 9.59 Å². The lowest BCUT2D eigenvalue weighted by Crippen LogP contribution is -2.18. The van der Waals surface area contributed by atoms with E-state index in [4.69, 9.17) is 11.6 Å². The van der Waals surface area contributed by atoms with E-state index < -0.39 is 0 Å². The largest absolute Gasteiger partial charge is 0.322 e. The summed E-state index contributed by atoms with van der Waals surface area (Å²) >= 11 is 7.42. The van der Waals surface area contributed by atoms with Crippen molar-refractivity contribution in [3.05, 3.63) is 87.1 Å². The Morgan fingerprint density at radius 3 is 2.46 bits per heavy atom. The summed E-state index contributed by atoms with van der Waals surface area (Å²) < 4.78 is 0. The summed E-state index contributed by atoms with van der Waals surface area (Å²) in [6.45, 7) is 0. The van der Waals surface area contributed by atoms with E-state index >= 15 is 0 Å². The maximum absolute atomic E-state index is 12.3. The smallest absolute Gasteiger partial charge is 0.271 e. The Hall–Kier alpha value is -2.96. The number of nitrogens with zero attached hydrogens (tertiary/aromatic N) is 1. The zero-order valence-corrected chi connectivity index (χ0v) is 15.1. The Kier molecular flexibility index (Phi) is 5.78. The SMILES string of the molecule is O=C(N/N=C/c1cccs1)c1cccc(NC(=O)c2cccc(Cl)c2)c1. The monoisotopic (exact) mass is 383 g/mol. The minimum atomic E-state index is -0.364. The number of hydrazone groups is 1. The molecule has 0 bridgehead atoms. The topological polar surface area (TPSA) is 70.6 Å². The van der Waals surface area contributed by atoms with Gasteiger partial charge in [0.15, 0.2) is 0 Å². The van der Waals surface area contributed by atoms with Crippen LogP contribution in [-0.2, 0) is 0 Å². The summed E-state index contributed by atoms with van der Waals surface area (Å²) in [6, 6.07) is 17.0. The molecule has 0 atom stereocenters. The molecular formula is C19H14ClN3O2S. The van der Waals surface area contributed by atoms with Gasteiger partial charge in [-0.25, -0.2) is 5.43 Å². The number of thiophene rings is 1. The Bertz CT molecular complexity index is 955. The summed E-state index contributed by atoms with van der Waals surface area (Å²) in [7, 11) is 0. The number of carbonyl (C=O) groups excluding carboxylic acids is 2. The molecule has 0 aliphatic rings.